The number of rotatable bonds is 8. The Hall–Kier alpha value is -4.34. The van der Waals surface area contributed by atoms with Crippen molar-refractivity contribution in [3.05, 3.63) is 131 Å². The van der Waals surface area contributed by atoms with Crippen LogP contribution in [0.1, 0.15) is 33.1 Å². The summed E-state index contributed by atoms with van der Waals surface area (Å²) >= 11 is 1.31. The van der Waals surface area contributed by atoms with E-state index in [1.807, 2.05) is 78.9 Å². The highest BCUT2D eigenvalue weighted by Crippen LogP contribution is 2.33. The van der Waals surface area contributed by atoms with Crippen molar-refractivity contribution in [3.8, 4) is 6.07 Å². The maximum atomic E-state index is 12.9. The molecule has 1 amide bonds. The molecule has 0 aromatic heterocycles. The first-order chi connectivity index (χ1) is 17.2. The molecule has 6 heteroatoms. The maximum absolute atomic E-state index is 12.9. The van der Waals surface area contributed by atoms with Gasteiger partial charge < -0.3 is 10.1 Å². The first-order valence-electron chi connectivity index (χ1n) is 11.0. The van der Waals surface area contributed by atoms with Gasteiger partial charge in [0.25, 0.3) is 5.91 Å². The lowest BCUT2D eigenvalue weighted by molar-refractivity contribution is -0.124. The zero-order valence-corrected chi connectivity index (χ0v) is 19.6. The van der Waals surface area contributed by atoms with Crippen LogP contribution in [0.5, 0.6) is 0 Å². The second-order valence-corrected chi connectivity index (χ2v) is 8.69. The molecular formula is C29H22N2O3S. The number of hydrogen-bond donors (Lipinski definition) is 1. The fourth-order valence-electron chi connectivity index (χ4n) is 3.55. The molecule has 4 aromatic carbocycles. The molecule has 0 bridgehead atoms. The number of amides is 1. The summed E-state index contributed by atoms with van der Waals surface area (Å²) < 4.78 is 5.37. The summed E-state index contributed by atoms with van der Waals surface area (Å²) in [5, 5.41) is 12.3. The fourth-order valence-corrected chi connectivity index (χ4v) is 4.57. The van der Waals surface area contributed by atoms with Crippen LogP contribution in [0.25, 0.3) is 0 Å². The first-order valence-corrected chi connectivity index (χ1v) is 11.8. The zero-order valence-electron chi connectivity index (χ0n) is 18.8. The Morgan fingerprint density at radius 3 is 1.94 bits per heavy atom. The van der Waals surface area contributed by atoms with E-state index in [-0.39, 0.29) is 6.04 Å². The average Bonchev–Trinajstić information content (AvgIpc) is 2.92. The molecule has 0 aliphatic carbocycles. The van der Waals surface area contributed by atoms with Crippen molar-refractivity contribution in [2.75, 3.05) is 6.61 Å². The number of hydrogen-bond acceptors (Lipinski definition) is 5. The van der Waals surface area contributed by atoms with Crippen LogP contribution >= 0.6 is 11.8 Å². The molecule has 0 atom stereocenters. The molecule has 0 fully saturated rings. The van der Waals surface area contributed by atoms with Crippen LogP contribution in [0.3, 0.4) is 0 Å². The third-order valence-corrected chi connectivity index (χ3v) is 6.39. The van der Waals surface area contributed by atoms with E-state index < -0.39 is 18.5 Å². The Bertz CT molecular complexity index is 1310. The number of benzene rings is 4. The molecule has 4 rings (SSSR count). The third kappa shape index (κ3) is 6.17. The Morgan fingerprint density at radius 2 is 1.31 bits per heavy atom. The highest BCUT2D eigenvalue weighted by atomic mass is 32.2. The minimum absolute atomic E-state index is 0.334. The number of nitrogens with zero attached hydrogens (tertiary/aromatic N) is 1. The first kappa shape index (κ1) is 23.8. The molecule has 0 unspecified atom stereocenters. The van der Waals surface area contributed by atoms with Crippen molar-refractivity contribution >= 4 is 23.6 Å². The van der Waals surface area contributed by atoms with E-state index in [0.29, 0.717) is 16.0 Å². The number of carbonyl (C=O) groups is 2. The molecule has 0 saturated carbocycles. The van der Waals surface area contributed by atoms with Gasteiger partial charge in [-0.05, 0) is 35.4 Å². The molecule has 1 N–H and O–H groups in total. The Kier molecular flexibility index (Phi) is 7.95. The van der Waals surface area contributed by atoms with Crippen molar-refractivity contribution in [1.82, 2.24) is 5.32 Å². The highest BCUT2D eigenvalue weighted by Gasteiger charge is 2.19. The van der Waals surface area contributed by atoms with Gasteiger partial charge in [0.05, 0.1) is 17.2 Å². The largest absolute Gasteiger partial charge is 0.452 e. The lowest BCUT2D eigenvalue weighted by Gasteiger charge is -2.20. The van der Waals surface area contributed by atoms with Crippen LogP contribution in [0.15, 0.2) is 119 Å². The lowest BCUT2D eigenvalue weighted by Crippen LogP contribution is -2.33. The quantitative estimate of drug-likeness (QED) is 0.325. The van der Waals surface area contributed by atoms with Crippen LogP contribution < -0.4 is 5.32 Å². The molecular weight excluding hydrogens is 456 g/mol. The smallest absolute Gasteiger partial charge is 0.339 e. The molecule has 4 aromatic rings. The summed E-state index contributed by atoms with van der Waals surface area (Å²) in [7, 11) is 0. The summed E-state index contributed by atoms with van der Waals surface area (Å²) in [4.78, 5) is 27.0. The van der Waals surface area contributed by atoms with E-state index in [9.17, 15) is 14.9 Å². The summed E-state index contributed by atoms with van der Waals surface area (Å²) in [6.45, 7) is -0.414. The molecule has 172 valence electrons. The number of esters is 1. The number of nitrogens with one attached hydrogen (secondary N) is 1. The minimum Gasteiger partial charge on any atom is -0.452 e. The standard InChI is InChI=1S/C29H22N2O3S/c30-19-23-15-7-9-17-25(23)35-26-18-10-8-16-24(26)29(33)34-20-27(32)31-28(21-11-3-1-4-12-21)22-13-5-2-6-14-22/h1-18,28H,20H2,(H,31,32). The van der Waals surface area contributed by atoms with Gasteiger partial charge in [-0.25, -0.2) is 4.79 Å². The van der Waals surface area contributed by atoms with Gasteiger partial charge in [-0.3, -0.25) is 4.79 Å². The third-order valence-electron chi connectivity index (χ3n) is 5.24. The number of nitriles is 1. The second kappa shape index (κ2) is 11.7. The SMILES string of the molecule is N#Cc1ccccc1Sc1ccccc1C(=O)OCC(=O)NC(c1ccccc1)c1ccccc1. The van der Waals surface area contributed by atoms with Gasteiger partial charge >= 0.3 is 5.97 Å². The fraction of sp³-hybridized carbons (Fsp3) is 0.0690. The van der Waals surface area contributed by atoms with Gasteiger partial charge in [-0.15, -0.1) is 0 Å². The second-order valence-electron chi connectivity index (χ2n) is 7.60. The number of carbonyl (C=O) groups excluding carboxylic acids is 2. The van der Waals surface area contributed by atoms with Gasteiger partial charge in [0.1, 0.15) is 6.07 Å². The Labute approximate surface area is 208 Å². The highest BCUT2D eigenvalue weighted by molar-refractivity contribution is 7.99. The predicted molar refractivity (Wildman–Crippen MR) is 135 cm³/mol. The lowest BCUT2D eigenvalue weighted by atomic mass is 9.99. The summed E-state index contributed by atoms with van der Waals surface area (Å²) in [5.74, 6) is -1.01. The molecule has 5 nitrogen and oxygen atoms in total. The van der Waals surface area contributed by atoms with Gasteiger partial charge in [-0.1, -0.05) is 96.7 Å². The van der Waals surface area contributed by atoms with E-state index in [1.165, 1.54) is 11.8 Å². The normalized spacial score (nSPS) is 10.4. The maximum Gasteiger partial charge on any atom is 0.339 e. The van der Waals surface area contributed by atoms with Gasteiger partial charge in [-0.2, -0.15) is 5.26 Å². The summed E-state index contributed by atoms with van der Waals surface area (Å²) in [6.07, 6.45) is 0. The van der Waals surface area contributed by atoms with E-state index in [2.05, 4.69) is 11.4 Å². The summed E-state index contributed by atoms with van der Waals surface area (Å²) in [5.41, 5.74) is 2.71. The van der Waals surface area contributed by atoms with Crippen LogP contribution in [0.4, 0.5) is 0 Å². The van der Waals surface area contributed by atoms with Gasteiger partial charge in [0.2, 0.25) is 0 Å². The van der Waals surface area contributed by atoms with E-state index in [1.54, 1.807) is 30.3 Å². The van der Waals surface area contributed by atoms with Crippen LogP contribution in [0, 0.1) is 11.3 Å². The molecule has 0 aliphatic rings. The van der Waals surface area contributed by atoms with E-state index in [0.717, 1.165) is 16.0 Å². The Balaban J connectivity index is 1.45. The average molecular weight is 479 g/mol. The molecule has 0 radical (unpaired) electrons. The molecule has 0 aliphatic heterocycles. The molecule has 0 spiro atoms. The monoisotopic (exact) mass is 478 g/mol. The topological polar surface area (TPSA) is 79.2 Å². The predicted octanol–water partition coefficient (Wildman–Crippen LogP) is 5.77. The van der Waals surface area contributed by atoms with E-state index in [4.69, 9.17) is 4.74 Å². The molecule has 35 heavy (non-hydrogen) atoms. The minimum atomic E-state index is -0.603. The van der Waals surface area contributed by atoms with Crippen molar-refractivity contribution in [3.63, 3.8) is 0 Å². The van der Waals surface area contributed by atoms with Crippen molar-refractivity contribution in [2.45, 2.75) is 15.8 Å². The number of ether oxygens (including phenoxy) is 1. The summed E-state index contributed by atoms with van der Waals surface area (Å²) in [6, 6.07) is 35.2. The van der Waals surface area contributed by atoms with E-state index >= 15 is 0 Å². The van der Waals surface area contributed by atoms with Gasteiger partial charge in [0, 0.05) is 9.79 Å². The van der Waals surface area contributed by atoms with Gasteiger partial charge in [0.15, 0.2) is 6.61 Å². The van der Waals surface area contributed by atoms with Crippen molar-refractivity contribution in [2.24, 2.45) is 0 Å². The van der Waals surface area contributed by atoms with Crippen molar-refractivity contribution in [1.29, 1.82) is 5.26 Å². The van der Waals surface area contributed by atoms with Crippen LogP contribution in [0.2, 0.25) is 0 Å². The molecule has 0 heterocycles. The molecule has 0 saturated heterocycles. The van der Waals surface area contributed by atoms with Crippen molar-refractivity contribution < 1.29 is 14.3 Å². The zero-order chi connectivity index (χ0) is 24.5. The van der Waals surface area contributed by atoms with Crippen LogP contribution in [-0.2, 0) is 9.53 Å². The van der Waals surface area contributed by atoms with Crippen LogP contribution in [-0.4, -0.2) is 18.5 Å². The Morgan fingerprint density at radius 1 is 0.771 bits per heavy atom.